The molecule has 2 aromatic carbocycles. The first kappa shape index (κ1) is 16.5. The zero-order valence-electron chi connectivity index (χ0n) is 13.9. The van der Waals surface area contributed by atoms with Crippen LogP contribution in [0.1, 0.15) is 47.1 Å². The number of piperidine rings is 1. The quantitative estimate of drug-likeness (QED) is 0.834. The summed E-state index contributed by atoms with van der Waals surface area (Å²) in [4.78, 5) is 0. The predicted octanol–water partition coefficient (Wildman–Crippen LogP) is 4.90. The Kier molecular flexibility index (Phi) is 3.99. The Morgan fingerprint density at radius 1 is 1.04 bits per heavy atom. The molecule has 0 saturated carbocycles. The molecule has 3 atom stereocenters. The summed E-state index contributed by atoms with van der Waals surface area (Å²) < 4.78 is 46.2. The molecule has 0 aromatic heterocycles. The molecule has 1 fully saturated rings. The average Bonchev–Trinajstić information content (AvgIpc) is 2.94. The van der Waals surface area contributed by atoms with Crippen LogP contribution in [-0.2, 0) is 6.18 Å². The maximum Gasteiger partial charge on any atom is 0.416 e. The maximum atomic E-state index is 13.6. The van der Waals surface area contributed by atoms with Crippen molar-refractivity contribution in [3.05, 3.63) is 64.7 Å². The van der Waals surface area contributed by atoms with E-state index in [4.69, 9.17) is 4.74 Å². The highest BCUT2D eigenvalue weighted by Crippen LogP contribution is 2.54. The first-order valence-corrected chi connectivity index (χ1v) is 8.58. The van der Waals surface area contributed by atoms with Gasteiger partial charge in [-0.2, -0.15) is 13.2 Å². The molecule has 0 radical (unpaired) electrons. The Labute approximate surface area is 145 Å². The van der Waals surface area contributed by atoms with Gasteiger partial charge in [0.15, 0.2) is 0 Å². The highest BCUT2D eigenvalue weighted by atomic mass is 19.4. The standard InChI is InChI=1S/C20H20F3NO/c1-25-12-8-9-13-16(11-12)18(15-6-4-10-24-19(13)15)14-5-2-3-7-17(14)20(21,22)23/h2-3,5,7-9,11,15,18-19,24H,4,6,10H2,1H3. The molecule has 1 N–H and O–H groups in total. The van der Waals surface area contributed by atoms with Gasteiger partial charge in [-0.15, -0.1) is 0 Å². The predicted molar refractivity (Wildman–Crippen MR) is 89.7 cm³/mol. The topological polar surface area (TPSA) is 21.3 Å². The lowest BCUT2D eigenvalue weighted by molar-refractivity contribution is -0.138. The zero-order chi connectivity index (χ0) is 17.6. The molecule has 25 heavy (non-hydrogen) atoms. The van der Waals surface area contributed by atoms with Crippen molar-refractivity contribution in [1.82, 2.24) is 5.32 Å². The molecular formula is C20H20F3NO. The number of benzene rings is 2. The third-order valence-electron chi connectivity index (χ3n) is 5.50. The number of hydrogen-bond acceptors (Lipinski definition) is 2. The molecule has 0 bridgehead atoms. The van der Waals surface area contributed by atoms with Gasteiger partial charge in [-0.3, -0.25) is 0 Å². The molecule has 132 valence electrons. The minimum absolute atomic E-state index is 0.112. The van der Waals surface area contributed by atoms with E-state index in [1.807, 2.05) is 18.2 Å². The Morgan fingerprint density at radius 3 is 2.60 bits per heavy atom. The van der Waals surface area contributed by atoms with Crippen molar-refractivity contribution >= 4 is 0 Å². The summed E-state index contributed by atoms with van der Waals surface area (Å²) in [6.45, 7) is 0.903. The second kappa shape index (κ2) is 6.06. The van der Waals surface area contributed by atoms with Crippen LogP contribution in [0.25, 0.3) is 0 Å². The van der Waals surface area contributed by atoms with Crippen molar-refractivity contribution in [3.63, 3.8) is 0 Å². The summed E-state index contributed by atoms with van der Waals surface area (Å²) >= 11 is 0. The minimum Gasteiger partial charge on any atom is -0.497 e. The van der Waals surface area contributed by atoms with Crippen LogP contribution in [0.5, 0.6) is 5.75 Å². The van der Waals surface area contributed by atoms with Gasteiger partial charge in [-0.25, -0.2) is 0 Å². The third kappa shape index (κ3) is 2.71. The summed E-state index contributed by atoms with van der Waals surface area (Å²) in [5, 5.41) is 3.51. The number of halogens is 3. The van der Waals surface area contributed by atoms with Gasteiger partial charge in [0.1, 0.15) is 5.75 Å². The van der Waals surface area contributed by atoms with Gasteiger partial charge in [0.2, 0.25) is 0 Å². The van der Waals surface area contributed by atoms with Crippen LogP contribution in [0.4, 0.5) is 13.2 Å². The maximum absolute atomic E-state index is 13.6. The van der Waals surface area contributed by atoms with Crippen molar-refractivity contribution in [2.45, 2.75) is 31.0 Å². The summed E-state index contributed by atoms with van der Waals surface area (Å²) in [5.41, 5.74) is 1.91. The van der Waals surface area contributed by atoms with E-state index < -0.39 is 11.7 Å². The molecule has 1 aliphatic carbocycles. The normalized spacial score (nSPS) is 25.4. The molecule has 1 aliphatic heterocycles. The number of ether oxygens (including phenoxy) is 1. The van der Waals surface area contributed by atoms with Crippen molar-refractivity contribution in [3.8, 4) is 5.75 Å². The number of alkyl halides is 3. The SMILES string of the molecule is COc1ccc2c(c1)C(c1ccccc1C(F)(F)F)C1CCCNC21. The number of nitrogens with one attached hydrogen (secondary N) is 1. The summed E-state index contributed by atoms with van der Waals surface area (Å²) in [6, 6.07) is 11.9. The lowest BCUT2D eigenvalue weighted by Crippen LogP contribution is -2.33. The van der Waals surface area contributed by atoms with E-state index in [9.17, 15) is 13.2 Å². The Bertz CT molecular complexity index is 787. The van der Waals surface area contributed by atoms with Crippen LogP contribution in [0.15, 0.2) is 42.5 Å². The van der Waals surface area contributed by atoms with Crippen molar-refractivity contribution in [1.29, 1.82) is 0 Å². The van der Waals surface area contributed by atoms with Gasteiger partial charge < -0.3 is 10.1 Å². The largest absolute Gasteiger partial charge is 0.497 e. The van der Waals surface area contributed by atoms with E-state index in [1.54, 1.807) is 19.2 Å². The molecule has 0 spiro atoms. The second-order valence-corrected chi connectivity index (χ2v) is 6.80. The Morgan fingerprint density at radius 2 is 1.84 bits per heavy atom. The monoisotopic (exact) mass is 347 g/mol. The first-order valence-electron chi connectivity index (χ1n) is 8.58. The van der Waals surface area contributed by atoms with Crippen molar-refractivity contribution < 1.29 is 17.9 Å². The number of methoxy groups -OCH3 is 1. The number of fused-ring (bicyclic) bond motifs is 3. The van der Waals surface area contributed by atoms with Crippen LogP contribution in [0, 0.1) is 5.92 Å². The van der Waals surface area contributed by atoms with E-state index in [0.717, 1.165) is 30.5 Å². The Hall–Kier alpha value is -2.01. The van der Waals surface area contributed by atoms with Gasteiger partial charge in [0.25, 0.3) is 0 Å². The van der Waals surface area contributed by atoms with E-state index in [1.165, 1.54) is 12.1 Å². The number of hydrogen-bond donors (Lipinski definition) is 1. The van der Waals surface area contributed by atoms with Crippen LogP contribution in [0.2, 0.25) is 0 Å². The molecule has 2 aromatic rings. The average molecular weight is 347 g/mol. The van der Waals surface area contributed by atoms with Gasteiger partial charge in [-0.05, 0) is 60.2 Å². The fourth-order valence-corrected chi connectivity index (χ4v) is 4.50. The highest BCUT2D eigenvalue weighted by Gasteiger charge is 2.45. The van der Waals surface area contributed by atoms with E-state index in [-0.39, 0.29) is 17.9 Å². The van der Waals surface area contributed by atoms with Crippen molar-refractivity contribution in [2.75, 3.05) is 13.7 Å². The van der Waals surface area contributed by atoms with Crippen molar-refractivity contribution in [2.24, 2.45) is 5.92 Å². The fraction of sp³-hybridized carbons (Fsp3) is 0.400. The van der Waals surface area contributed by atoms with E-state index in [2.05, 4.69) is 5.32 Å². The molecule has 2 nitrogen and oxygen atoms in total. The molecule has 2 aliphatic rings. The first-order chi connectivity index (χ1) is 12.0. The minimum atomic E-state index is -4.35. The van der Waals surface area contributed by atoms with Gasteiger partial charge in [-0.1, -0.05) is 24.3 Å². The van der Waals surface area contributed by atoms with Crippen LogP contribution >= 0.6 is 0 Å². The summed E-state index contributed by atoms with van der Waals surface area (Å²) in [5.74, 6) is 0.562. The third-order valence-corrected chi connectivity index (χ3v) is 5.50. The summed E-state index contributed by atoms with van der Waals surface area (Å²) in [6.07, 6.45) is -2.45. The van der Waals surface area contributed by atoms with Gasteiger partial charge >= 0.3 is 6.18 Å². The zero-order valence-corrected chi connectivity index (χ0v) is 13.9. The fourth-order valence-electron chi connectivity index (χ4n) is 4.50. The van der Waals surface area contributed by atoms with Crippen LogP contribution in [-0.4, -0.2) is 13.7 Å². The van der Waals surface area contributed by atoms with E-state index >= 15 is 0 Å². The van der Waals surface area contributed by atoms with Gasteiger partial charge in [0.05, 0.1) is 12.7 Å². The lowest BCUT2D eigenvalue weighted by Gasteiger charge is -2.32. The molecule has 4 rings (SSSR count). The lowest BCUT2D eigenvalue weighted by atomic mass is 9.79. The Balaban J connectivity index is 1.90. The molecule has 1 saturated heterocycles. The smallest absolute Gasteiger partial charge is 0.416 e. The van der Waals surface area contributed by atoms with Crippen LogP contribution < -0.4 is 10.1 Å². The molecule has 0 amide bonds. The molecule has 1 heterocycles. The molecular weight excluding hydrogens is 327 g/mol. The highest BCUT2D eigenvalue weighted by molar-refractivity contribution is 5.51. The molecule has 5 heteroatoms. The van der Waals surface area contributed by atoms with Gasteiger partial charge in [0, 0.05) is 12.0 Å². The second-order valence-electron chi connectivity index (χ2n) is 6.80. The molecule has 3 unspecified atom stereocenters. The van der Waals surface area contributed by atoms with E-state index in [0.29, 0.717) is 11.3 Å². The number of rotatable bonds is 2. The summed E-state index contributed by atoms with van der Waals surface area (Å²) in [7, 11) is 1.58. The van der Waals surface area contributed by atoms with Crippen LogP contribution in [0.3, 0.4) is 0 Å².